The third-order valence-corrected chi connectivity index (χ3v) is 5.88. The molecule has 1 heterocycles. The van der Waals surface area contributed by atoms with Crippen molar-refractivity contribution in [1.29, 1.82) is 0 Å². The van der Waals surface area contributed by atoms with Gasteiger partial charge in [-0.25, -0.2) is 13.8 Å². The number of rotatable bonds is 9. The number of carbonyl (C=O) groups excluding carboxylic acids is 1. The van der Waals surface area contributed by atoms with Crippen LogP contribution in [0.5, 0.6) is 0 Å². The average molecular weight is 459 g/mol. The Kier molecular flexibility index (Phi) is 8.30. The quantitative estimate of drug-likeness (QED) is 0.455. The number of nitrogens with zero attached hydrogens (tertiary/aromatic N) is 2. The van der Waals surface area contributed by atoms with Crippen molar-refractivity contribution in [2.75, 3.05) is 6.54 Å². The first-order valence-electron chi connectivity index (χ1n) is 10.6. The summed E-state index contributed by atoms with van der Waals surface area (Å²) in [6.45, 7) is 5.18. The highest BCUT2D eigenvalue weighted by atomic mass is 32.1. The van der Waals surface area contributed by atoms with Crippen molar-refractivity contribution in [2.24, 2.45) is 10.7 Å². The van der Waals surface area contributed by atoms with Gasteiger partial charge in [-0.05, 0) is 62.6 Å². The molecule has 3 N–H and O–H groups in total. The van der Waals surface area contributed by atoms with Crippen molar-refractivity contribution < 1.29 is 13.6 Å². The Hall–Kier alpha value is -2.84. The van der Waals surface area contributed by atoms with E-state index in [2.05, 4.69) is 11.4 Å². The number of amides is 1. The number of carbonyl (C=O) groups is 1. The van der Waals surface area contributed by atoms with E-state index in [9.17, 15) is 13.6 Å². The molecule has 5 nitrogen and oxygen atoms in total. The maximum absolute atomic E-state index is 13.9. The van der Waals surface area contributed by atoms with Gasteiger partial charge in [0.25, 0.3) is 5.91 Å². The first-order chi connectivity index (χ1) is 15.4. The molecular weight excluding hydrogens is 430 g/mol. The summed E-state index contributed by atoms with van der Waals surface area (Å²) in [6, 6.07) is 10.0. The van der Waals surface area contributed by atoms with Crippen LogP contribution in [0.1, 0.15) is 46.4 Å². The minimum Gasteiger partial charge on any atom is -0.347 e. The number of benzene rings is 2. The number of hydrogen-bond acceptors (Lipinski definition) is 4. The lowest BCUT2D eigenvalue weighted by Gasteiger charge is -2.10. The van der Waals surface area contributed by atoms with Gasteiger partial charge in [-0.3, -0.25) is 4.79 Å². The van der Waals surface area contributed by atoms with E-state index < -0.39 is 11.6 Å². The molecule has 0 aliphatic carbocycles. The number of halogens is 2. The molecule has 1 amide bonds. The van der Waals surface area contributed by atoms with Crippen molar-refractivity contribution in [3.8, 4) is 0 Å². The first kappa shape index (κ1) is 23.8. The Morgan fingerprint density at radius 2 is 1.88 bits per heavy atom. The van der Waals surface area contributed by atoms with Gasteiger partial charge in [0.1, 0.15) is 5.69 Å². The lowest BCUT2D eigenvalue weighted by atomic mass is 10.1. The summed E-state index contributed by atoms with van der Waals surface area (Å²) in [7, 11) is 0. The Labute approximate surface area is 190 Å². The van der Waals surface area contributed by atoms with Crippen molar-refractivity contribution >= 4 is 22.9 Å². The second kappa shape index (κ2) is 11.2. The second-order valence-electron chi connectivity index (χ2n) is 7.76. The normalized spacial score (nSPS) is 11.7. The number of nitrogens with two attached hydrogens (primary N) is 1. The van der Waals surface area contributed by atoms with Gasteiger partial charge in [0, 0.05) is 24.0 Å². The van der Waals surface area contributed by atoms with Gasteiger partial charge in [0.15, 0.2) is 16.4 Å². The molecule has 0 bridgehead atoms. The SMILES string of the molecule is Cc1cc(C)cc(N=c2scc(C(=O)NCc3cccc(F)c3F)n2CCCCCN)c1. The molecule has 0 atom stereocenters. The van der Waals surface area contributed by atoms with Crippen LogP contribution in [0.4, 0.5) is 14.5 Å². The fourth-order valence-electron chi connectivity index (χ4n) is 3.49. The zero-order valence-electron chi connectivity index (χ0n) is 18.3. The summed E-state index contributed by atoms with van der Waals surface area (Å²) in [5.74, 6) is -2.24. The molecule has 170 valence electrons. The van der Waals surface area contributed by atoms with Gasteiger partial charge >= 0.3 is 0 Å². The van der Waals surface area contributed by atoms with E-state index in [1.54, 1.807) is 5.38 Å². The highest BCUT2D eigenvalue weighted by Crippen LogP contribution is 2.17. The number of nitrogens with one attached hydrogen (secondary N) is 1. The molecule has 2 aromatic carbocycles. The molecule has 0 fully saturated rings. The van der Waals surface area contributed by atoms with Crippen molar-refractivity contribution in [3.63, 3.8) is 0 Å². The lowest BCUT2D eigenvalue weighted by molar-refractivity contribution is 0.0940. The zero-order chi connectivity index (χ0) is 23.1. The molecule has 0 spiro atoms. The Bertz CT molecular complexity index is 1130. The summed E-state index contributed by atoms with van der Waals surface area (Å²) in [5, 5.41) is 4.45. The smallest absolute Gasteiger partial charge is 0.269 e. The second-order valence-corrected chi connectivity index (χ2v) is 8.59. The van der Waals surface area contributed by atoms with Crippen LogP contribution < -0.4 is 15.9 Å². The van der Waals surface area contributed by atoms with E-state index in [1.807, 2.05) is 30.5 Å². The van der Waals surface area contributed by atoms with E-state index in [4.69, 9.17) is 10.7 Å². The Morgan fingerprint density at radius 1 is 1.12 bits per heavy atom. The van der Waals surface area contributed by atoms with Crippen LogP contribution in [0.2, 0.25) is 0 Å². The summed E-state index contributed by atoms with van der Waals surface area (Å²) in [6.07, 6.45) is 2.71. The number of aryl methyl sites for hydroxylation is 2. The fraction of sp³-hybridized carbons (Fsp3) is 0.333. The van der Waals surface area contributed by atoms with E-state index in [0.29, 0.717) is 23.6 Å². The Balaban J connectivity index is 1.87. The Morgan fingerprint density at radius 3 is 2.59 bits per heavy atom. The molecule has 8 heteroatoms. The molecule has 0 saturated heterocycles. The predicted molar refractivity (Wildman–Crippen MR) is 124 cm³/mol. The minimum absolute atomic E-state index is 0.100. The van der Waals surface area contributed by atoms with Crippen LogP contribution in [0.15, 0.2) is 46.8 Å². The standard InChI is InChI=1S/C24H28F2N4OS/c1-16-11-17(2)13-19(12-16)29-24-30(10-5-3-4-9-27)21(15-32-24)23(31)28-14-18-7-6-8-20(25)22(18)26/h6-8,11-13,15H,3-5,9-10,14,27H2,1-2H3,(H,28,31). The first-order valence-corrected chi connectivity index (χ1v) is 11.5. The van der Waals surface area contributed by atoms with Crippen LogP contribution in [-0.2, 0) is 13.1 Å². The maximum atomic E-state index is 13.9. The predicted octanol–water partition coefficient (Wildman–Crippen LogP) is 4.74. The van der Waals surface area contributed by atoms with E-state index >= 15 is 0 Å². The molecule has 3 rings (SSSR count). The highest BCUT2D eigenvalue weighted by Gasteiger charge is 2.15. The number of hydrogen-bond donors (Lipinski definition) is 2. The zero-order valence-corrected chi connectivity index (χ0v) is 19.1. The molecule has 32 heavy (non-hydrogen) atoms. The summed E-state index contributed by atoms with van der Waals surface area (Å²) >= 11 is 1.38. The van der Waals surface area contributed by atoms with Crippen LogP contribution in [0.25, 0.3) is 0 Å². The van der Waals surface area contributed by atoms with E-state index in [0.717, 1.165) is 42.1 Å². The van der Waals surface area contributed by atoms with Crippen LogP contribution in [0.3, 0.4) is 0 Å². The van der Waals surface area contributed by atoms with E-state index in [1.165, 1.54) is 23.5 Å². The molecule has 0 unspecified atom stereocenters. The maximum Gasteiger partial charge on any atom is 0.269 e. The number of unbranched alkanes of at least 4 members (excludes halogenated alkanes) is 2. The van der Waals surface area contributed by atoms with Crippen LogP contribution >= 0.6 is 11.3 Å². The van der Waals surface area contributed by atoms with Crippen LogP contribution in [-0.4, -0.2) is 17.0 Å². The molecule has 0 saturated carbocycles. The largest absolute Gasteiger partial charge is 0.347 e. The van der Waals surface area contributed by atoms with Crippen molar-refractivity contribution in [2.45, 2.75) is 46.2 Å². The molecule has 1 aromatic heterocycles. The van der Waals surface area contributed by atoms with E-state index in [-0.39, 0.29) is 18.0 Å². The van der Waals surface area contributed by atoms with Gasteiger partial charge in [-0.2, -0.15) is 0 Å². The number of aromatic nitrogens is 1. The van der Waals surface area contributed by atoms with Gasteiger partial charge in [0.2, 0.25) is 0 Å². The summed E-state index contributed by atoms with van der Waals surface area (Å²) in [4.78, 5) is 18.4. The van der Waals surface area contributed by atoms with Crippen molar-refractivity contribution in [1.82, 2.24) is 9.88 Å². The fourth-order valence-corrected chi connectivity index (χ4v) is 4.41. The highest BCUT2D eigenvalue weighted by molar-refractivity contribution is 7.07. The third-order valence-electron chi connectivity index (χ3n) is 5.02. The van der Waals surface area contributed by atoms with Gasteiger partial charge in [0.05, 0.1) is 5.69 Å². The molecule has 3 aromatic rings. The van der Waals surface area contributed by atoms with Crippen molar-refractivity contribution in [3.05, 3.63) is 80.6 Å². The van der Waals surface area contributed by atoms with Gasteiger partial charge in [-0.15, -0.1) is 11.3 Å². The molecule has 0 aliphatic heterocycles. The molecule has 0 aliphatic rings. The lowest BCUT2D eigenvalue weighted by Crippen LogP contribution is -2.29. The topological polar surface area (TPSA) is 72.4 Å². The van der Waals surface area contributed by atoms with Crippen LogP contribution in [0, 0.1) is 25.5 Å². The minimum atomic E-state index is -0.946. The summed E-state index contributed by atoms with van der Waals surface area (Å²) < 4.78 is 29.3. The average Bonchev–Trinajstić information content (AvgIpc) is 3.13. The number of thiazole rings is 1. The summed E-state index contributed by atoms with van der Waals surface area (Å²) in [5.41, 5.74) is 9.21. The third kappa shape index (κ3) is 6.11. The molecule has 0 radical (unpaired) electrons. The van der Waals surface area contributed by atoms with Gasteiger partial charge < -0.3 is 15.6 Å². The molecular formula is C24H28F2N4OS. The monoisotopic (exact) mass is 458 g/mol. The van der Waals surface area contributed by atoms with Gasteiger partial charge in [-0.1, -0.05) is 24.6 Å².